The average Bonchev–Trinajstić information content (AvgIpc) is 3.06. The minimum Gasteiger partial charge on any atom is -0.481 e. The molecule has 1 amide bonds. The molecule has 2 rings (SSSR count). The van der Waals surface area contributed by atoms with Crippen molar-refractivity contribution in [3.05, 3.63) is 24.2 Å². The molecule has 1 N–H and O–H groups in total. The van der Waals surface area contributed by atoms with E-state index in [0.717, 1.165) is 6.42 Å². The first-order chi connectivity index (χ1) is 9.52. The van der Waals surface area contributed by atoms with Crippen molar-refractivity contribution in [3.8, 4) is 0 Å². The third-order valence-corrected chi connectivity index (χ3v) is 4.22. The Kier molecular flexibility index (Phi) is 4.47. The Morgan fingerprint density at radius 2 is 2.10 bits per heavy atom. The van der Waals surface area contributed by atoms with Gasteiger partial charge in [-0.15, -0.1) is 0 Å². The summed E-state index contributed by atoms with van der Waals surface area (Å²) >= 11 is 0. The average molecular weight is 279 g/mol. The van der Waals surface area contributed by atoms with Crippen LogP contribution in [0.5, 0.6) is 0 Å². The summed E-state index contributed by atoms with van der Waals surface area (Å²) in [6.07, 6.45) is 3.78. The van der Waals surface area contributed by atoms with Crippen LogP contribution in [0.15, 0.2) is 22.8 Å². The molecule has 110 valence electrons. The lowest BCUT2D eigenvalue weighted by atomic mass is 9.95. The number of hydrogen-bond acceptors (Lipinski definition) is 3. The third kappa shape index (κ3) is 3.03. The van der Waals surface area contributed by atoms with Gasteiger partial charge in [0.2, 0.25) is 5.91 Å². The Hall–Kier alpha value is -1.78. The molecule has 1 aromatic rings. The van der Waals surface area contributed by atoms with Crippen molar-refractivity contribution < 1.29 is 19.1 Å². The van der Waals surface area contributed by atoms with E-state index in [4.69, 9.17) is 4.42 Å². The molecule has 1 fully saturated rings. The van der Waals surface area contributed by atoms with Crippen molar-refractivity contribution in [2.24, 2.45) is 17.8 Å². The predicted octanol–water partition coefficient (Wildman–Crippen LogP) is 2.38. The Balaban J connectivity index is 2.04. The van der Waals surface area contributed by atoms with Gasteiger partial charge in [-0.1, -0.05) is 13.3 Å². The molecule has 1 aliphatic carbocycles. The molecule has 0 aromatic carbocycles. The molecule has 5 heteroatoms. The molecule has 0 spiro atoms. The van der Waals surface area contributed by atoms with Crippen molar-refractivity contribution in [3.63, 3.8) is 0 Å². The van der Waals surface area contributed by atoms with Crippen LogP contribution < -0.4 is 0 Å². The summed E-state index contributed by atoms with van der Waals surface area (Å²) in [6.45, 7) is 2.43. The number of carbonyl (C=O) groups excluding carboxylic acids is 1. The lowest BCUT2D eigenvalue weighted by Crippen LogP contribution is -2.36. The first kappa shape index (κ1) is 14.6. The number of rotatable bonds is 5. The van der Waals surface area contributed by atoms with Gasteiger partial charge in [-0.2, -0.15) is 0 Å². The van der Waals surface area contributed by atoms with Crippen molar-refractivity contribution in [1.29, 1.82) is 0 Å². The molecule has 1 aliphatic rings. The molecule has 1 saturated carbocycles. The molecular formula is C15H21NO4. The second-order valence-corrected chi connectivity index (χ2v) is 5.57. The van der Waals surface area contributed by atoms with Crippen LogP contribution in [0.1, 0.15) is 31.9 Å². The topological polar surface area (TPSA) is 70.8 Å². The number of aliphatic carboxylic acids is 1. The number of nitrogens with zero attached hydrogens (tertiary/aromatic N) is 1. The number of hydrogen-bond donors (Lipinski definition) is 1. The van der Waals surface area contributed by atoms with Crippen LogP contribution in [0, 0.1) is 17.8 Å². The van der Waals surface area contributed by atoms with Crippen LogP contribution in [-0.4, -0.2) is 28.9 Å². The van der Waals surface area contributed by atoms with Gasteiger partial charge < -0.3 is 14.4 Å². The highest BCUT2D eigenvalue weighted by atomic mass is 16.4. The summed E-state index contributed by atoms with van der Waals surface area (Å²) in [6, 6.07) is 3.58. The summed E-state index contributed by atoms with van der Waals surface area (Å²) < 4.78 is 5.22. The molecule has 0 aliphatic heterocycles. The largest absolute Gasteiger partial charge is 0.481 e. The smallest absolute Gasteiger partial charge is 0.307 e. The van der Waals surface area contributed by atoms with Crippen LogP contribution in [-0.2, 0) is 16.1 Å². The zero-order chi connectivity index (χ0) is 14.7. The van der Waals surface area contributed by atoms with Gasteiger partial charge >= 0.3 is 5.97 Å². The van der Waals surface area contributed by atoms with E-state index in [0.29, 0.717) is 31.1 Å². The van der Waals surface area contributed by atoms with E-state index in [1.165, 1.54) is 0 Å². The molecule has 0 radical (unpaired) electrons. The van der Waals surface area contributed by atoms with Crippen molar-refractivity contribution >= 4 is 11.9 Å². The molecule has 1 aromatic heterocycles. The van der Waals surface area contributed by atoms with E-state index in [-0.39, 0.29) is 5.91 Å². The quantitative estimate of drug-likeness (QED) is 0.898. The van der Waals surface area contributed by atoms with E-state index < -0.39 is 17.8 Å². The fourth-order valence-corrected chi connectivity index (χ4v) is 3.02. The van der Waals surface area contributed by atoms with Crippen LogP contribution in [0.2, 0.25) is 0 Å². The minimum atomic E-state index is -0.856. The second-order valence-electron chi connectivity index (χ2n) is 5.57. The minimum absolute atomic E-state index is 0.0928. The molecule has 20 heavy (non-hydrogen) atoms. The fraction of sp³-hybridized carbons (Fsp3) is 0.600. The lowest BCUT2D eigenvalue weighted by Gasteiger charge is -2.22. The van der Waals surface area contributed by atoms with Crippen molar-refractivity contribution in [2.45, 2.75) is 32.7 Å². The third-order valence-electron chi connectivity index (χ3n) is 4.22. The monoisotopic (exact) mass is 279 g/mol. The molecule has 0 bridgehead atoms. The Morgan fingerprint density at radius 1 is 1.40 bits per heavy atom. The highest BCUT2D eigenvalue weighted by Crippen LogP contribution is 2.39. The van der Waals surface area contributed by atoms with Gasteiger partial charge in [0.15, 0.2) is 0 Å². The Labute approximate surface area is 118 Å². The van der Waals surface area contributed by atoms with E-state index in [9.17, 15) is 14.7 Å². The van der Waals surface area contributed by atoms with Gasteiger partial charge in [0.1, 0.15) is 5.76 Å². The van der Waals surface area contributed by atoms with Gasteiger partial charge in [0.25, 0.3) is 0 Å². The number of carbonyl (C=O) groups is 2. The van der Waals surface area contributed by atoms with Gasteiger partial charge in [-0.25, -0.2) is 0 Å². The summed E-state index contributed by atoms with van der Waals surface area (Å²) in [4.78, 5) is 25.4. The number of furan rings is 1. The number of amides is 1. The van der Waals surface area contributed by atoms with Crippen LogP contribution >= 0.6 is 0 Å². The van der Waals surface area contributed by atoms with E-state index in [2.05, 4.69) is 0 Å². The van der Waals surface area contributed by atoms with Gasteiger partial charge in [-0.05, 0) is 30.9 Å². The highest BCUT2D eigenvalue weighted by Gasteiger charge is 2.43. The summed E-state index contributed by atoms with van der Waals surface area (Å²) in [5.41, 5.74) is 0. The van der Waals surface area contributed by atoms with E-state index in [1.807, 2.05) is 13.0 Å². The van der Waals surface area contributed by atoms with Crippen molar-refractivity contribution in [1.82, 2.24) is 4.90 Å². The Morgan fingerprint density at radius 3 is 2.65 bits per heavy atom. The molecule has 5 nitrogen and oxygen atoms in total. The second kappa shape index (κ2) is 6.11. The maximum atomic E-state index is 12.5. The molecule has 3 atom stereocenters. The Bertz CT molecular complexity index is 468. The summed E-state index contributed by atoms with van der Waals surface area (Å²) in [5, 5.41) is 9.30. The summed E-state index contributed by atoms with van der Waals surface area (Å²) in [5.74, 6) is -0.862. The van der Waals surface area contributed by atoms with Crippen LogP contribution in [0.3, 0.4) is 0 Å². The predicted molar refractivity (Wildman–Crippen MR) is 72.8 cm³/mol. The zero-order valence-corrected chi connectivity index (χ0v) is 11.9. The maximum absolute atomic E-state index is 12.5. The van der Waals surface area contributed by atoms with E-state index in [1.54, 1.807) is 24.3 Å². The molecular weight excluding hydrogens is 258 g/mol. The van der Waals surface area contributed by atoms with Gasteiger partial charge in [0, 0.05) is 7.05 Å². The number of carboxylic acids is 1. The maximum Gasteiger partial charge on any atom is 0.307 e. The van der Waals surface area contributed by atoms with Gasteiger partial charge in [-0.3, -0.25) is 9.59 Å². The van der Waals surface area contributed by atoms with Crippen LogP contribution in [0.4, 0.5) is 0 Å². The first-order valence-corrected chi connectivity index (χ1v) is 7.03. The van der Waals surface area contributed by atoms with Gasteiger partial charge in [0.05, 0.1) is 24.6 Å². The van der Waals surface area contributed by atoms with Crippen LogP contribution in [0.25, 0.3) is 0 Å². The van der Waals surface area contributed by atoms with Crippen molar-refractivity contribution in [2.75, 3.05) is 7.05 Å². The fourth-order valence-electron chi connectivity index (χ4n) is 3.02. The molecule has 3 unspecified atom stereocenters. The lowest BCUT2D eigenvalue weighted by molar-refractivity contribution is -0.148. The molecule has 1 heterocycles. The SMILES string of the molecule is CCC1CC(C(=O)O)C(C(=O)N(C)Cc2ccco2)C1. The normalized spacial score (nSPS) is 25.6. The zero-order valence-electron chi connectivity index (χ0n) is 11.9. The van der Waals surface area contributed by atoms with E-state index >= 15 is 0 Å². The highest BCUT2D eigenvalue weighted by molar-refractivity contribution is 5.85. The molecule has 0 saturated heterocycles. The standard InChI is InChI=1S/C15H21NO4/c1-3-10-7-12(13(8-10)15(18)19)14(17)16(2)9-11-5-4-6-20-11/h4-6,10,12-13H,3,7-9H2,1-2H3,(H,18,19). The summed E-state index contributed by atoms with van der Waals surface area (Å²) in [7, 11) is 1.70. The first-order valence-electron chi connectivity index (χ1n) is 7.03. The number of carboxylic acid groups (broad SMARTS) is 1.